The highest BCUT2D eigenvalue weighted by Gasteiger charge is 2.12. The summed E-state index contributed by atoms with van der Waals surface area (Å²) in [5, 5.41) is 9.33. The minimum atomic E-state index is -0.304. The van der Waals surface area contributed by atoms with Crippen LogP contribution in [0.1, 0.15) is 11.1 Å². The smallest absolute Gasteiger partial charge is 0.316 e. The number of benzene rings is 1. The van der Waals surface area contributed by atoms with Gasteiger partial charge in [-0.1, -0.05) is 22.0 Å². The highest BCUT2D eigenvalue weighted by atomic mass is 79.9. The fraction of sp³-hybridized carbons (Fsp3) is 0.111. The van der Waals surface area contributed by atoms with E-state index in [0.29, 0.717) is 11.1 Å². The number of halogens is 1. The molecule has 2 aromatic heterocycles. The molecule has 4 nitrogen and oxygen atoms in total. The van der Waals surface area contributed by atoms with Gasteiger partial charge in [0.2, 0.25) is 0 Å². The van der Waals surface area contributed by atoms with Crippen LogP contribution in [0.15, 0.2) is 64.2 Å². The van der Waals surface area contributed by atoms with E-state index in [1.807, 2.05) is 59.3 Å². The zero-order chi connectivity index (χ0) is 16.9. The number of pyridine rings is 1. The highest BCUT2D eigenvalue weighted by molar-refractivity contribution is 9.10. The molecule has 1 aromatic carbocycles. The van der Waals surface area contributed by atoms with Crippen LogP contribution in [0.25, 0.3) is 5.52 Å². The van der Waals surface area contributed by atoms with E-state index >= 15 is 0 Å². The van der Waals surface area contributed by atoms with Crippen LogP contribution in [0.4, 0.5) is 0 Å². The molecule has 6 heteroatoms. The predicted octanol–water partition coefficient (Wildman–Crippen LogP) is 4.41. The summed E-state index contributed by atoms with van der Waals surface area (Å²) in [7, 11) is 0. The Labute approximate surface area is 152 Å². The van der Waals surface area contributed by atoms with E-state index in [1.165, 1.54) is 11.8 Å². The second kappa shape index (κ2) is 7.56. The molecule has 0 atom stereocenters. The Balaban J connectivity index is 1.60. The number of nitrogens with zero attached hydrogens (tertiary/aromatic N) is 2. The van der Waals surface area contributed by atoms with E-state index in [-0.39, 0.29) is 18.3 Å². The molecule has 0 aliphatic carbocycles. The number of carbonyl (C=O) groups excluding carboxylic acids is 1. The van der Waals surface area contributed by atoms with Crippen molar-refractivity contribution in [2.45, 2.75) is 11.5 Å². The molecule has 0 amide bonds. The summed E-state index contributed by atoms with van der Waals surface area (Å²) in [4.78, 5) is 12.9. The van der Waals surface area contributed by atoms with Gasteiger partial charge in [-0.3, -0.25) is 4.79 Å². The van der Waals surface area contributed by atoms with Crippen LogP contribution in [0.2, 0.25) is 0 Å². The summed E-state index contributed by atoms with van der Waals surface area (Å²) in [6, 6.07) is 15.6. The number of rotatable bonds is 5. The molecule has 0 saturated carbocycles. The quantitative estimate of drug-likeness (QED) is 0.470. The third-order valence-corrected chi connectivity index (χ3v) is 4.95. The zero-order valence-corrected chi connectivity index (χ0v) is 15.0. The first-order chi connectivity index (χ1) is 11.7. The van der Waals surface area contributed by atoms with Crippen molar-refractivity contribution in [3.63, 3.8) is 0 Å². The topological polar surface area (TPSA) is 54.5 Å². The van der Waals surface area contributed by atoms with Gasteiger partial charge in [-0.05, 0) is 36.4 Å². The fourth-order valence-electron chi connectivity index (χ4n) is 2.29. The molecule has 0 aliphatic rings. The minimum absolute atomic E-state index is 0.101. The first-order valence-electron chi connectivity index (χ1n) is 7.20. The third kappa shape index (κ3) is 3.81. The molecule has 0 N–H and O–H groups in total. The molecule has 3 rings (SSSR count). The van der Waals surface area contributed by atoms with Crippen molar-refractivity contribution < 1.29 is 9.53 Å². The van der Waals surface area contributed by atoms with Gasteiger partial charge < -0.3 is 9.14 Å². The number of nitriles is 1. The first kappa shape index (κ1) is 16.6. The molecule has 0 spiro atoms. The normalized spacial score (nSPS) is 10.5. The molecule has 0 unspecified atom stereocenters. The number of ether oxygens (including phenoxy) is 1. The Hall–Kier alpha value is -2.23. The van der Waals surface area contributed by atoms with Crippen molar-refractivity contribution in [1.29, 1.82) is 5.26 Å². The van der Waals surface area contributed by atoms with Gasteiger partial charge in [0.1, 0.15) is 12.7 Å². The SMILES string of the molecule is N#Cc1c(COC(=O)CSc2ccc(Br)cc2)cn2ccccc12. The Kier molecular flexibility index (Phi) is 5.24. The molecule has 0 radical (unpaired) electrons. The Morgan fingerprint density at radius 3 is 2.79 bits per heavy atom. The molecule has 0 aliphatic heterocycles. The van der Waals surface area contributed by atoms with E-state index in [1.54, 1.807) is 0 Å². The van der Waals surface area contributed by atoms with Gasteiger partial charge in [0.05, 0.1) is 16.8 Å². The molecule has 24 heavy (non-hydrogen) atoms. The van der Waals surface area contributed by atoms with Crippen LogP contribution in [0, 0.1) is 11.3 Å². The van der Waals surface area contributed by atoms with Gasteiger partial charge in [0.15, 0.2) is 0 Å². The molecule has 2 heterocycles. The number of hydrogen-bond acceptors (Lipinski definition) is 4. The lowest BCUT2D eigenvalue weighted by Gasteiger charge is -2.04. The molecule has 0 bridgehead atoms. The monoisotopic (exact) mass is 400 g/mol. The fourth-order valence-corrected chi connectivity index (χ4v) is 3.25. The lowest BCUT2D eigenvalue weighted by molar-refractivity contribution is -0.141. The van der Waals surface area contributed by atoms with E-state index in [9.17, 15) is 10.1 Å². The largest absolute Gasteiger partial charge is 0.460 e. The van der Waals surface area contributed by atoms with Gasteiger partial charge in [-0.25, -0.2) is 0 Å². The second-order valence-corrected chi connectivity index (χ2v) is 7.00. The highest BCUT2D eigenvalue weighted by Crippen LogP contribution is 2.22. The van der Waals surface area contributed by atoms with Gasteiger partial charge in [-0.15, -0.1) is 11.8 Å². The second-order valence-electron chi connectivity index (χ2n) is 5.04. The molecule has 120 valence electrons. The average Bonchev–Trinajstić information content (AvgIpc) is 2.97. The van der Waals surface area contributed by atoms with E-state index < -0.39 is 0 Å². The predicted molar refractivity (Wildman–Crippen MR) is 96.8 cm³/mol. The van der Waals surface area contributed by atoms with E-state index in [2.05, 4.69) is 22.0 Å². The van der Waals surface area contributed by atoms with Gasteiger partial charge >= 0.3 is 5.97 Å². The Morgan fingerprint density at radius 1 is 1.25 bits per heavy atom. The lowest BCUT2D eigenvalue weighted by Crippen LogP contribution is -2.07. The summed E-state index contributed by atoms with van der Waals surface area (Å²) in [5.74, 6) is -0.0706. The lowest BCUT2D eigenvalue weighted by atomic mass is 10.2. The van der Waals surface area contributed by atoms with Crippen molar-refractivity contribution in [2.24, 2.45) is 0 Å². The summed E-state index contributed by atoms with van der Waals surface area (Å²) in [6.07, 6.45) is 3.69. The zero-order valence-electron chi connectivity index (χ0n) is 12.6. The molecular formula is C18H13BrN2O2S. The maximum absolute atomic E-state index is 11.9. The molecular weight excluding hydrogens is 388 g/mol. The van der Waals surface area contributed by atoms with Crippen molar-refractivity contribution in [2.75, 3.05) is 5.75 Å². The number of carbonyl (C=O) groups is 1. The van der Waals surface area contributed by atoms with Crippen LogP contribution < -0.4 is 0 Å². The minimum Gasteiger partial charge on any atom is -0.460 e. The van der Waals surface area contributed by atoms with Gasteiger partial charge in [-0.2, -0.15) is 5.26 Å². The van der Waals surface area contributed by atoms with Crippen LogP contribution in [0.3, 0.4) is 0 Å². The van der Waals surface area contributed by atoms with E-state index in [4.69, 9.17) is 4.74 Å². The molecule has 3 aromatic rings. The molecule has 0 fully saturated rings. The maximum atomic E-state index is 11.9. The number of thioether (sulfide) groups is 1. The van der Waals surface area contributed by atoms with Crippen LogP contribution in [-0.4, -0.2) is 16.1 Å². The van der Waals surface area contributed by atoms with Crippen LogP contribution >= 0.6 is 27.7 Å². The van der Waals surface area contributed by atoms with E-state index in [0.717, 1.165) is 14.9 Å². The number of esters is 1. The summed E-state index contributed by atoms with van der Waals surface area (Å²) in [5.41, 5.74) is 2.07. The van der Waals surface area contributed by atoms with Crippen molar-refractivity contribution in [3.8, 4) is 6.07 Å². The van der Waals surface area contributed by atoms with Crippen molar-refractivity contribution >= 4 is 39.2 Å². The number of aromatic nitrogens is 1. The van der Waals surface area contributed by atoms with Gasteiger partial charge in [0, 0.05) is 27.3 Å². The Bertz CT molecular complexity index is 913. The van der Waals surface area contributed by atoms with Crippen LogP contribution in [0.5, 0.6) is 0 Å². The van der Waals surface area contributed by atoms with Crippen molar-refractivity contribution in [1.82, 2.24) is 4.40 Å². The third-order valence-electron chi connectivity index (χ3n) is 3.43. The molecule has 0 saturated heterocycles. The summed E-state index contributed by atoms with van der Waals surface area (Å²) < 4.78 is 8.17. The summed E-state index contributed by atoms with van der Waals surface area (Å²) >= 11 is 4.80. The maximum Gasteiger partial charge on any atom is 0.316 e. The average molecular weight is 401 g/mol. The van der Waals surface area contributed by atoms with Crippen molar-refractivity contribution in [3.05, 3.63) is 70.5 Å². The number of fused-ring (bicyclic) bond motifs is 1. The van der Waals surface area contributed by atoms with Crippen LogP contribution in [-0.2, 0) is 16.1 Å². The number of hydrogen-bond donors (Lipinski definition) is 0. The Morgan fingerprint density at radius 2 is 2.04 bits per heavy atom. The standard InChI is InChI=1S/C18H13BrN2O2S/c19-14-4-6-15(7-5-14)24-12-18(22)23-11-13-10-21-8-2-1-3-17(21)16(13)9-20/h1-8,10H,11-12H2. The first-order valence-corrected chi connectivity index (χ1v) is 8.98. The summed E-state index contributed by atoms with van der Waals surface area (Å²) in [6.45, 7) is 0.101. The van der Waals surface area contributed by atoms with Gasteiger partial charge in [0.25, 0.3) is 0 Å².